The van der Waals surface area contributed by atoms with E-state index in [9.17, 15) is 19.2 Å². The smallest absolute Gasteiger partial charge is 0.237 e. The van der Waals surface area contributed by atoms with Gasteiger partial charge in [0.1, 0.15) is 11.6 Å². The van der Waals surface area contributed by atoms with Crippen LogP contribution in [-0.2, 0) is 25.6 Å². The van der Waals surface area contributed by atoms with Gasteiger partial charge in [-0.2, -0.15) is 0 Å². The molecule has 0 aliphatic heterocycles. The fourth-order valence-corrected chi connectivity index (χ4v) is 3.45. The van der Waals surface area contributed by atoms with Crippen LogP contribution in [0.4, 0.5) is 0 Å². The van der Waals surface area contributed by atoms with E-state index in [1.807, 2.05) is 30.3 Å². The van der Waals surface area contributed by atoms with Gasteiger partial charge in [0, 0.05) is 18.3 Å². The molecule has 1 aliphatic rings. The summed E-state index contributed by atoms with van der Waals surface area (Å²) in [7, 11) is 0. The summed E-state index contributed by atoms with van der Waals surface area (Å²) in [5.41, 5.74) is 6.48. The lowest BCUT2D eigenvalue weighted by Crippen LogP contribution is -2.48. The van der Waals surface area contributed by atoms with E-state index in [1.54, 1.807) is 13.8 Å². The predicted molar refractivity (Wildman–Crippen MR) is 97.2 cm³/mol. The van der Waals surface area contributed by atoms with E-state index in [-0.39, 0.29) is 29.7 Å². The fourth-order valence-electron chi connectivity index (χ4n) is 3.45. The number of nitrogens with two attached hydrogens (primary N) is 1. The van der Waals surface area contributed by atoms with Gasteiger partial charge in [-0.15, -0.1) is 0 Å². The number of carbonyl (C=O) groups is 4. The normalized spacial score (nSPS) is 23.4. The molecular weight excluding hydrogens is 332 g/mol. The van der Waals surface area contributed by atoms with Crippen LogP contribution < -0.4 is 11.1 Å². The Morgan fingerprint density at radius 1 is 1.15 bits per heavy atom. The highest BCUT2D eigenvalue weighted by Crippen LogP contribution is 2.32. The van der Waals surface area contributed by atoms with Crippen LogP contribution in [0, 0.1) is 17.8 Å². The van der Waals surface area contributed by atoms with Crippen molar-refractivity contribution in [1.29, 1.82) is 0 Å². The third-order valence-electron chi connectivity index (χ3n) is 4.98. The van der Waals surface area contributed by atoms with Crippen molar-refractivity contribution in [2.75, 3.05) is 0 Å². The Morgan fingerprint density at radius 2 is 1.77 bits per heavy atom. The van der Waals surface area contributed by atoms with E-state index in [1.165, 1.54) is 6.92 Å². The Labute approximate surface area is 153 Å². The molecule has 3 N–H and O–H groups in total. The van der Waals surface area contributed by atoms with Crippen molar-refractivity contribution < 1.29 is 19.2 Å². The molecular formula is C20H26N2O4. The minimum atomic E-state index is -0.925. The quantitative estimate of drug-likeness (QED) is 0.709. The van der Waals surface area contributed by atoms with Gasteiger partial charge in [-0.25, -0.2) is 0 Å². The van der Waals surface area contributed by atoms with Crippen molar-refractivity contribution in [1.82, 2.24) is 5.32 Å². The average molecular weight is 358 g/mol. The second kappa shape index (κ2) is 8.36. The van der Waals surface area contributed by atoms with Crippen LogP contribution in [0.2, 0.25) is 0 Å². The zero-order chi connectivity index (χ0) is 19.4. The van der Waals surface area contributed by atoms with Crippen molar-refractivity contribution >= 4 is 23.3 Å². The lowest BCUT2D eigenvalue weighted by Gasteiger charge is -2.21. The van der Waals surface area contributed by atoms with Gasteiger partial charge in [0.25, 0.3) is 0 Å². The Morgan fingerprint density at radius 3 is 2.35 bits per heavy atom. The number of hydrogen-bond acceptors (Lipinski definition) is 5. The van der Waals surface area contributed by atoms with Gasteiger partial charge in [-0.3, -0.25) is 19.2 Å². The van der Waals surface area contributed by atoms with Gasteiger partial charge in [0.15, 0.2) is 5.78 Å². The van der Waals surface area contributed by atoms with Crippen LogP contribution in [0.1, 0.15) is 32.8 Å². The van der Waals surface area contributed by atoms with Crippen LogP contribution in [-0.4, -0.2) is 35.3 Å². The maximum atomic E-state index is 12.7. The van der Waals surface area contributed by atoms with E-state index in [0.29, 0.717) is 6.42 Å². The van der Waals surface area contributed by atoms with Gasteiger partial charge in [-0.05, 0) is 25.8 Å². The molecule has 2 rings (SSSR count). The summed E-state index contributed by atoms with van der Waals surface area (Å²) in [6.45, 7) is 4.65. The number of benzene rings is 1. The highest BCUT2D eigenvalue weighted by Gasteiger charge is 2.46. The molecule has 0 radical (unpaired) electrons. The summed E-state index contributed by atoms with van der Waals surface area (Å²) in [5.74, 6) is -3.22. The Bertz CT molecular complexity index is 699. The Hall–Kier alpha value is -2.34. The minimum Gasteiger partial charge on any atom is -0.345 e. The third-order valence-corrected chi connectivity index (χ3v) is 4.98. The second-order valence-electron chi connectivity index (χ2n) is 7.15. The molecule has 140 valence electrons. The predicted octanol–water partition coefficient (Wildman–Crippen LogP) is 1.06. The molecule has 0 saturated heterocycles. The lowest BCUT2D eigenvalue weighted by atomic mass is 9.84. The summed E-state index contributed by atoms with van der Waals surface area (Å²) in [6.07, 6.45) is 0.663. The summed E-state index contributed by atoms with van der Waals surface area (Å²) < 4.78 is 0. The molecule has 1 aliphatic carbocycles. The first-order chi connectivity index (χ1) is 12.2. The molecule has 1 aromatic carbocycles. The van der Waals surface area contributed by atoms with Crippen molar-refractivity contribution in [3.8, 4) is 0 Å². The summed E-state index contributed by atoms with van der Waals surface area (Å²) in [5, 5.41) is 2.53. The zero-order valence-electron chi connectivity index (χ0n) is 15.4. The molecule has 5 atom stereocenters. The molecule has 6 nitrogen and oxygen atoms in total. The number of ketones is 3. The zero-order valence-corrected chi connectivity index (χ0v) is 15.4. The Balaban J connectivity index is 2.05. The van der Waals surface area contributed by atoms with E-state index >= 15 is 0 Å². The minimum absolute atomic E-state index is 0.163. The first-order valence-corrected chi connectivity index (χ1v) is 8.92. The Kier molecular flexibility index (Phi) is 6.42. The molecule has 6 heteroatoms. The van der Waals surface area contributed by atoms with Crippen molar-refractivity contribution in [2.24, 2.45) is 23.5 Å². The molecule has 26 heavy (non-hydrogen) atoms. The first kappa shape index (κ1) is 20.0. The van der Waals surface area contributed by atoms with Crippen LogP contribution in [0.25, 0.3) is 0 Å². The number of amides is 1. The fraction of sp³-hybridized carbons (Fsp3) is 0.500. The molecule has 1 saturated carbocycles. The maximum absolute atomic E-state index is 12.7. The average Bonchev–Trinajstić information content (AvgIpc) is 2.87. The second-order valence-corrected chi connectivity index (χ2v) is 7.15. The van der Waals surface area contributed by atoms with Gasteiger partial charge in [0.05, 0.1) is 18.0 Å². The van der Waals surface area contributed by atoms with Crippen LogP contribution in [0.15, 0.2) is 30.3 Å². The van der Waals surface area contributed by atoms with Gasteiger partial charge in [0.2, 0.25) is 5.91 Å². The highest BCUT2D eigenvalue weighted by molar-refractivity contribution is 6.13. The SMILES string of the molecule is CC(C(=O)[C@H](C)NC(=O)[C@H](C)N)C1C(=O)CC(Cc2ccccc2)C1=O. The molecule has 0 heterocycles. The van der Waals surface area contributed by atoms with Gasteiger partial charge >= 0.3 is 0 Å². The largest absolute Gasteiger partial charge is 0.345 e. The van der Waals surface area contributed by atoms with Crippen molar-refractivity contribution in [3.05, 3.63) is 35.9 Å². The standard InChI is InChI=1S/C20H26N2O4/c1-11(18(24)13(3)22-20(26)12(2)21)17-16(23)10-15(19(17)25)9-14-7-5-4-6-8-14/h4-8,11-13,15,17H,9-10,21H2,1-3H3,(H,22,26)/t11?,12-,13-,15?,17?/m0/s1. The molecule has 1 amide bonds. The molecule has 0 spiro atoms. The molecule has 0 bridgehead atoms. The molecule has 1 fully saturated rings. The van der Waals surface area contributed by atoms with E-state index < -0.39 is 29.8 Å². The van der Waals surface area contributed by atoms with Crippen LogP contribution in [0.3, 0.4) is 0 Å². The van der Waals surface area contributed by atoms with E-state index in [2.05, 4.69) is 5.32 Å². The summed E-state index contributed by atoms with van der Waals surface area (Å²) in [6, 6.07) is 8.00. The number of Topliss-reactive ketones (excluding diaryl/α,β-unsaturated/α-hetero) is 3. The van der Waals surface area contributed by atoms with Crippen LogP contribution in [0.5, 0.6) is 0 Å². The third kappa shape index (κ3) is 4.43. The van der Waals surface area contributed by atoms with Crippen molar-refractivity contribution in [3.63, 3.8) is 0 Å². The number of hydrogen-bond donors (Lipinski definition) is 2. The van der Waals surface area contributed by atoms with Crippen LogP contribution >= 0.6 is 0 Å². The monoisotopic (exact) mass is 358 g/mol. The first-order valence-electron chi connectivity index (χ1n) is 8.92. The molecule has 3 unspecified atom stereocenters. The van der Waals surface area contributed by atoms with E-state index in [0.717, 1.165) is 5.56 Å². The summed E-state index contributed by atoms with van der Waals surface area (Å²) >= 11 is 0. The summed E-state index contributed by atoms with van der Waals surface area (Å²) in [4.78, 5) is 49.4. The van der Waals surface area contributed by atoms with Gasteiger partial charge in [-0.1, -0.05) is 37.3 Å². The molecule has 0 aromatic heterocycles. The maximum Gasteiger partial charge on any atom is 0.237 e. The molecule has 1 aromatic rings. The highest BCUT2D eigenvalue weighted by atomic mass is 16.2. The number of nitrogens with one attached hydrogen (secondary N) is 1. The van der Waals surface area contributed by atoms with Gasteiger partial charge < -0.3 is 11.1 Å². The number of carbonyl (C=O) groups excluding carboxylic acids is 4. The van der Waals surface area contributed by atoms with E-state index in [4.69, 9.17) is 5.73 Å². The lowest BCUT2D eigenvalue weighted by molar-refractivity contribution is -0.137. The number of rotatable bonds is 7. The van der Waals surface area contributed by atoms with Crippen molar-refractivity contribution in [2.45, 2.75) is 45.7 Å². The topological polar surface area (TPSA) is 106 Å².